The van der Waals surface area contributed by atoms with Gasteiger partial charge < -0.3 is 5.32 Å². The third-order valence-corrected chi connectivity index (χ3v) is 4.44. The molecule has 19 heavy (non-hydrogen) atoms. The van der Waals surface area contributed by atoms with Crippen molar-refractivity contribution in [1.82, 2.24) is 15.3 Å². The fraction of sp³-hybridized carbons (Fsp3) is 0.333. The number of rotatable bonds is 3. The zero-order chi connectivity index (χ0) is 13.1. The summed E-state index contributed by atoms with van der Waals surface area (Å²) < 4.78 is 0. The monoisotopic (exact) mass is 271 g/mol. The number of nitrogens with zero attached hydrogens (tertiary/aromatic N) is 2. The van der Waals surface area contributed by atoms with Crippen LogP contribution in [0.3, 0.4) is 0 Å². The van der Waals surface area contributed by atoms with Crippen LogP contribution in [-0.4, -0.2) is 15.7 Å². The predicted octanol–water partition coefficient (Wildman–Crippen LogP) is 3.11. The molecule has 1 atom stereocenters. The lowest BCUT2D eigenvalue weighted by molar-refractivity contribution is 0.504. The van der Waals surface area contributed by atoms with Crippen LogP contribution in [0.25, 0.3) is 0 Å². The average Bonchev–Trinajstić information content (AvgIpc) is 2.45. The van der Waals surface area contributed by atoms with Crippen molar-refractivity contribution < 1.29 is 0 Å². The van der Waals surface area contributed by atoms with E-state index in [9.17, 15) is 0 Å². The van der Waals surface area contributed by atoms with Crippen molar-refractivity contribution in [2.75, 3.05) is 5.75 Å². The molecule has 0 fully saturated rings. The van der Waals surface area contributed by atoms with Gasteiger partial charge in [0.2, 0.25) is 0 Å². The van der Waals surface area contributed by atoms with E-state index in [4.69, 9.17) is 0 Å². The summed E-state index contributed by atoms with van der Waals surface area (Å²) in [6.45, 7) is 2.73. The molecule has 0 saturated carbocycles. The topological polar surface area (TPSA) is 37.8 Å². The minimum atomic E-state index is 0.438. The summed E-state index contributed by atoms with van der Waals surface area (Å²) in [5.41, 5.74) is 2.48. The highest BCUT2D eigenvalue weighted by molar-refractivity contribution is 7.99. The van der Waals surface area contributed by atoms with Gasteiger partial charge in [0, 0.05) is 23.7 Å². The molecule has 1 N–H and O–H groups in total. The Morgan fingerprint density at radius 3 is 3.11 bits per heavy atom. The maximum Gasteiger partial charge on any atom is 0.125 e. The summed E-state index contributed by atoms with van der Waals surface area (Å²) in [7, 11) is 0. The van der Waals surface area contributed by atoms with Gasteiger partial charge >= 0.3 is 0 Å². The molecule has 4 heteroatoms. The van der Waals surface area contributed by atoms with Gasteiger partial charge in [0.15, 0.2) is 0 Å². The number of aryl methyl sites for hydroxylation is 1. The van der Waals surface area contributed by atoms with Gasteiger partial charge in [-0.1, -0.05) is 18.2 Å². The number of hydrogen-bond acceptors (Lipinski definition) is 4. The molecule has 0 amide bonds. The van der Waals surface area contributed by atoms with Crippen molar-refractivity contribution in [2.45, 2.75) is 30.8 Å². The summed E-state index contributed by atoms with van der Waals surface area (Å²) in [4.78, 5) is 9.97. The molecule has 2 heterocycles. The Balaban J connectivity index is 1.71. The lowest BCUT2D eigenvalue weighted by Gasteiger charge is -2.25. The van der Waals surface area contributed by atoms with Crippen molar-refractivity contribution in [3.63, 3.8) is 0 Å². The van der Waals surface area contributed by atoms with Crippen LogP contribution in [0, 0.1) is 6.92 Å². The first-order valence-electron chi connectivity index (χ1n) is 6.56. The Morgan fingerprint density at radius 1 is 1.32 bits per heavy atom. The highest BCUT2D eigenvalue weighted by atomic mass is 32.2. The van der Waals surface area contributed by atoms with Crippen LogP contribution >= 0.6 is 11.8 Å². The molecule has 3 rings (SSSR count). The Kier molecular flexibility index (Phi) is 3.80. The maximum absolute atomic E-state index is 4.43. The fourth-order valence-corrected chi connectivity index (χ4v) is 3.51. The van der Waals surface area contributed by atoms with E-state index in [2.05, 4.69) is 39.6 Å². The minimum Gasteiger partial charge on any atom is -0.304 e. The standard InChI is InChI=1S/C15H17N3S/c1-11-16-8-6-12(18-11)10-17-14-7-9-19-15-5-3-2-4-13(14)15/h2-6,8,14,17H,7,9-10H2,1H3. The molecule has 1 aliphatic heterocycles. The average molecular weight is 271 g/mol. The van der Waals surface area contributed by atoms with Gasteiger partial charge in [0.1, 0.15) is 5.82 Å². The van der Waals surface area contributed by atoms with Crippen LogP contribution < -0.4 is 5.32 Å². The van der Waals surface area contributed by atoms with Crippen LogP contribution in [0.5, 0.6) is 0 Å². The molecule has 3 nitrogen and oxygen atoms in total. The first kappa shape index (κ1) is 12.6. The number of aromatic nitrogens is 2. The van der Waals surface area contributed by atoms with Gasteiger partial charge in [-0.3, -0.25) is 0 Å². The third-order valence-electron chi connectivity index (χ3n) is 3.32. The molecule has 98 valence electrons. The number of benzene rings is 1. The zero-order valence-corrected chi connectivity index (χ0v) is 11.8. The highest BCUT2D eigenvalue weighted by Crippen LogP contribution is 2.35. The van der Waals surface area contributed by atoms with E-state index in [1.807, 2.05) is 30.9 Å². The van der Waals surface area contributed by atoms with Crippen molar-refractivity contribution >= 4 is 11.8 Å². The molecule has 0 aliphatic carbocycles. The van der Waals surface area contributed by atoms with E-state index in [0.29, 0.717) is 6.04 Å². The van der Waals surface area contributed by atoms with E-state index in [0.717, 1.165) is 18.1 Å². The van der Waals surface area contributed by atoms with Crippen LogP contribution in [-0.2, 0) is 6.54 Å². The molecule has 0 spiro atoms. The molecule has 1 aliphatic rings. The van der Waals surface area contributed by atoms with E-state index >= 15 is 0 Å². The second-order valence-electron chi connectivity index (χ2n) is 4.70. The number of thioether (sulfide) groups is 1. The molecule has 2 aromatic rings. The smallest absolute Gasteiger partial charge is 0.125 e. The fourth-order valence-electron chi connectivity index (χ4n) is 2.39. The lowest BCUT2D eigenvalue weighted by Crippen LogP contribution is -2.24. The first-order chi connectivity index (χ1) is 9.33. The van der Waals surface area contributed by atoms with Gasteiger partial charge in [-0.2, -0.15) is 0 Å². The Morgan fingerprint density at radius 2 is 2.21 bits per heavy atom. The van der Waals surface area contributed by atoms with Crippen LogP contribution in [0.2, 0.25) is 0 Å². The SMILES string of the molecule is Cc1nccc(CNC2CCSc3ccccc32)n1. The van der Waals surface area contributed by atoms with Gasteiger partial charge in [-0.25, -0.2) is 9.97 Å². The van der Waals surface area contributed by atoms with Gasteiger partial charge in [-0.05, 0) is 36.8 Å². The first-order valence-corrected chi connectivity index (χ1v) is 7.55. The van der Waals surface area contributed by atoms with E-state index in [1.54, 1.807) is 0 Å². The highest BCUT2D eigenvalue weighted by Gasteiger charge is 2.19. The Hall–Kier alpha value is -1.39. The molecule has 1 unspecified atom stereocenters. The predicted molar refractivity (Wildman–Crippen MR) is 78.1 cm³/mol. The van der Waals surface area contributed by atoms with Gasteiger partial charge in [-0.15, -0.1) is 11.8 Å². The van der Waals surface area contributed by atoms with Gasteiger partial charge in [0.05, 0.1) is 5.69 Å². The molecular weight excluding hydrogens is 254 g/mol. The summed E-state index contributed by atoms with van der Waals surface area (Å²) in [5, 5.41) is 3.62. The number of nitrogens with one attached hydrogen (secondary N) is 1. The van der Waals surface area contributed by atoms with Crippen molar-refractivity contribution in [3.05, 3.63) is 53.6 Å². The largest absolute Gasteiger partial charge is 0.304 e. The van der Waals surface area contributed by atoms with E-state index in [-0.39, 0.29) is 0 Å². The third kappa shape index (κ3) is 2.96. The van der Waals surface area contributed by atoms with Crippen molar-refractivity contribution in [2.24, 2.45) is 0 Å². The molecule has 0 saturated heterocycles. The summed E-state index contributed by atoms with van der Waals surface area (Å²) in [6.07, 6.45) is 3.00. The summed E-state index contributed by atoms with van der Waals surface area (Å²) in [5.74, 6) is 2.01. The quantitative estimate of drug-likeness (QED) is 0.931. The summed E-state index contributed by atoms with van der Waals surface area (Å²) in [6, 6.07) is 11.1. The van der Waals surface area contributed by atoms with E-state index in [1.165, 1.54) is 22.6 Å². The maximum atomic E-state index is 4.43. The Labute approximate surface area is 117 Å². The minimum absolute atomic E-state index is 0.438. The van der Waals surface area contributed by atoms with Gasteiger partial charge in [0.25, 0.3) is 0 Å². The van der Waals surface area contributed by atoms with Crippen LogP contribution in [0.15, 0.2) is 41.4 Å². The van der Waals surface area contributed by atoms with Crippen molar-refractivity contribution in [3.8, 4) is 0 Å². The molecular formula is C15H17N3S. The number of hydrogen-bond donors (Lipinski definition) is 1. The number of fused-ring (bicyclic) bond motifs is 1. The van der Waals surface area contributed by atoms with Crippen LogP contribution in [0.1, 0.15) is 29.5 Å². The molecule has 1 aromatic carbocycles. The zero-order valence-electron chi connectivity index (χ0n) is 11.0. The molecule has 0 bridgehead atoms. The normalized spacial score (nSPS) is 18.1. The summed E-state index contributed by atoms with van der Waals surface area (Å²) >= 11 is 1.95. The van der Waals surface area contributed by atoms with E-state index < -0.39 is 0 Å². The molecule has 0 radical (unpaired) electrons. The Bertz CT molecular complexity index is 571. The second kappa shape index (κ2) is 5.72. The van der Waals surface area contributed by atoms with Crippen LogP contribution in [0.4, 0.5) is 0 Å². The second-order valence-corrected chi connectivity index (χ2v) is 5.84. The molecule has 1 aromatic heterocycles. The van der Waals surface area contributed by atoms with Crippen molar-refractivity contribution in [1.29, 1.82) is 0 Å². The lowest BCUT2D eigenvalue weighted by atomic mass is 10.0.